The maximum absolute atomic E-state index is 5.50. The van der Waals surface area contributed by atoms with Crippen LogP contribution in [0.2, 0.25) is 0 Å². The van der Waals surface area contributed by atoms with Crippen LogP contribution in [0.4, 0.5) is 0 Å². The Balaban J connectivity index is 2.32. The van der Waals surface area contributed by atoms with E-state index in [0.29, 0.717) is 6.04 Å². The summed E-state index contributed by atoms with van der Waals surface area (Å²) in [6.07, 6.45) is 3.62. The third kappa shape index (κ3) is 4.15. The number of ether oxygens (including phenoxy) is 2. The first-order valence-corrected chi connectivity index (χ1v) is 8.86. The van der Waals surface area contributed by atoms with Crippen LogP contribution in [0.15, 0.2) is 16.6 Å². The lowest BCUT2D eigenvalue weighted by Crippen LogP contribution is -2.45. The lowest BCUT2D eigenvalue weighted by atomic mass is 9.98. The van der Waals surface area contributed by atoms with Crippen LogP contribution in [0.5, 0.6) is 11.5 Å². The molecule has 124 valence electrons. The quantitative estimate of drug-likeness (QED) is 0.794. The van der Waals surface area contributed by atoms with Gasteiger partial charge < -0.3 is 14.8 Å². The molecule has 2 rings (SSSR count). The molecule has 0 aromatic heterocycles. The lowest BCUT2D eigenvalue weighted by molar-refractivity contribution is 0.162. The van der Waals surface area contributed by atoms with Crippen LogP contribution >= 0.6 is 15.9 Å². The molecule has 5 heteroatoms. The first kappa shape index (κ1) is 17.6. The summed E-state index contributed by atoms with van der Waals surface area (Å²) in [7, 11) is 3.37. The van der Waals surface area contributed by atoms with Crippen molar-refractivity contribution in [1.82, 2.24) is 10.2 Å². The molecule has 1 fully saturated rings. The van der Waals surface area contributed by atoms with Gasteiger partial charge >= 0.3 is 0 Å². The van der Waals surface area contributed by atoms with Crippen LogP contribution in [-0.4, -0.2) is 45.3 Å². The summed E-state index contributed by atoms with van der Waals surface area (Å²) in [5.41, 5.74) is 1.30. The maximum atomic E-state index is 5.50. The highest BCUT2D eigenvalue weighted by atomic mass is 79.9. The zero-order valence-corrected chi connectivity index (χ0v) is 15.4. The van der Waals surface area contributed by atoms with E-state index in [9.17, 15) is 0 Å². The molecule has 0 amide bonds. The standard InChI is InChI=1S/C17H27BrN2O2/c1-4-5-6-15(20-9-7-19-8-10-20)13-11-16(21-2)17(22-3)12-14(13)18/h11-12,15,19H,4-10H2,1-3H3/t15-/m0/s1. The molecule has 1 aliphatic heterocycles. The van der Waals surface area contributed by atoms with Gasteiger partial charge in [-0.05, 0) is 24.1 Å². The summed E-state index contributed by atoms with van der Waals surface area (Å²) in [4.78, 5) is 2.58. The van der Waals surface area contributed by atoms with Crippen molar-refractivity contribution in [1.29, 1.82) is 0 Å². The normalized spacial score (nSPS) is 17.3. The highest BCUT2D eigenvalue weighted by molar-refractivity contribution is 9.10. The summed E-state index contributed by atoms with van der Waals surface area (Å²) in [6.45, 7) is 6.56. The van der Waals surface area contributed by atoms with Crippen molar-refractivity contribution < 1.29 is 9.47 Å². The average molecular weight is 371 g/mol. The number of rotatable bonds is 7. The van der Waals surface area contributed by atoms with Gasteiger partial charge in [-0.15, -0.1) is 0 Å². The Morgan fingerprint density at radius 3 is 2.41 bits per heavy atom. The number of nitrogens with zero attached hydrogens (tertiary/aromatic N) is 1. The molecular formula is C17H27BrN2O2. The molecule has 0 saturated carbocycles. The molecule has 1 aliphatic rings. The van der Waals surface area contributed by atoms with E-state index in [2.05, 4.69) is 39.1 Å². The first-order chi connectivity index (χ1) is 10.7. The van der Waals surface area contributed by atoms with Crippen molar-refractivity contribution in [3.8, 4) is 11.5 Å². The van der Waals surface area contributed by atoms with Crippen LogP contribution in [0.1, 0.15) is 37.8 Å². The number of unbranched alkanes of at least 4 members (excludes halogenated alkanes) is 1. The smallest absolute Gasteiger partial charge is 0.161 e. The van der Waals surface area contributed by atoms with E-state index < -0.39 is 0 Å². The molecular weight excluding hydrogens is 344 g/mol. The van der Waals surface area contributed by atoms with Gasteiger partial charge in [0.25, 0.3) is 0 Å². The fourth-order valence-electron chi connectivity index (χ4n) is 3.05. The largest absolute Gasteiger partial charge is 0.493 e. The third-order valence-electron chi connectivity index (χ3n) is 4.29. The van der Waals surface area contributed by atoms with Gasteiger partial charge in [0, 0.05) is 36.7 Å². The molecule has 1 aromatic carbocycles. The van der Waals surface area contributed by atoms with Crippen LogP contribution in [0, 0.1) is 0 Å². The Labute approximate surface area is 142 Å². The van der Waals surface area contributed by atoms with Gasteiger partial charge in [-0.3, -0.25) is 4.90 Å². The zero-order chi connectivity index (χ0) is 15.9. The monoisotopic (exact) mass is 370 g/mol. The molecule has 0 spiro atoms. The zero-order valence-electron chi connectivity index (χ0n) is 13.8. The number of halogens is 1. The highest BCUT2D eigenvalue weighted by Crippen LogP contribution is 2.39. The number of hydrogen-bond donors (Lipinski definition) is 1. The fourth-order valence-corrected chi connectivity index (χ4v) is 3.64. The van der Waals surface area contributed by atoms with Crippen molar-refractivity contribution in [2.24, 2.45) is 0 Å². The lowest BCUT2D eigenvalue weighted by Gasteiger charge is -2.36. The van der Waals surface area contributed by atoms with Gasteiger partial charge in [0.15, 0.2) is 11.5 Å². The van der Waals surface area contributed by atoms with Crippen LogP contribution in [0.3, 0.4) is 0 Å². The Kier molecular flexibility index (Phi) is 6.99. The Morgan fingerprint density at radius 2 is 1.82 bits per heavy atom. The van der Waals surface area contributed by atoms with Gasteiger partial charge in [0.1, 0.15) is 0 Å². The summed E-state index contributed by atoms with van der Waals surface area (Å²) in [6, 6.07) is 4.58. The van der Waals surface area contributed by atoms with Crippen molar-refractivity contribution >= 4 is 15.9 Å². The molecule has 22 heavy (non-hydrogen) atoms. The molecule has 1 aromatic rings. The van der Waals surface area contributed by atoms with E-state index in [1.807, 2.05) is 6.07 Å². The minimum atomic E-state index is 0.427. The predicted octanol–water partition coefficient (Wildman–Crippen LogP) is 3.60. The number of piperazine rings is 1. The molecule has 0 unspecified atom stereocenters. The Bertz CT molecular complexity index is 476. The molecule has 0 aliphatic carbocycles. The summed E-state index contributed by atoms with van der Waals surface area (Å²) in [5, 5.41) is 3.43. The van der Waals surface area contributed by atoms with E-state index in [4.69, 9.17) is 9.47 Å². The van der Waals surface area contributed by atoms with Crippen molar-refractivity contribution in [2.45, 2.75) is 32.2 Å². The Morgan fingerprint density at radius 1 is 1.18 bits per heavy atom. The summed E-state index contributed by atoms with van der Waals surface area (Å²) >= 11 is 3.73. The van der Waals surface area contributed by atoms with E-state index in [1.165, 1.54) is 24.8 Å². The van der Waals surface area contributed by atoms with Crippen LogP contribution in [-0.2, 0) is 0 Å². The van der Waals surface area contributed by atoms with Crippen molar-refractivity contribution in [3.63, 3.8) is 0 Å². The molecule has 1 saturated heterocycles. The molecule has 4 nitrogen and oxygen atoms in total. The third-order valence-corrected chi connectivity index (χ3v) is 4.97. The van der Waals surface area contributed by atoms with E-state index >= 15 is 0 Å². The minimum absolute atomic E-state index is 0.427. The maximum Gasteiger partial charge on any atom is 0.161 e. The van der Waals surface area contributed by atoms with E-state index in [0.717, 1.165) is 42.2 Å². The predicted molar refractivity (Wildman–Crippen MR) is 94.0 cm³/mol. The molecule has 0 radical (unpaired) electrons. The fraction of sp³-hybridized carbons (Fsp3) is 0.647. The van der Waals surface area contributed by atoms with Gasteiger partial charge in [-0.2, -0.15) is 0 Å². The summed E-state index contributed by atoms with van der Waals surface area (Å²) < 4.78 is 12.0. The molecule has 1 N–H and O–H groups in total. The van der Waals surface area contributed by atoms with Crippen molar-refractivity contribution in [3.05, 3.63) is 22.2 Å². The highest BCUT2D eigenvalue weighted by Gasteiger charge is 2.25. The second-order valence-corrected chi connectivity index (χ2v) is 6.53. The SMILES string of the molecule is CCCC[C@@H](c1cc(OC)c(OC)cc1Br)N1CCNCC1. The number of methoxy groups -OCH3 is 2. The average Bonchev–Trinajstić information content (AvgIpc) is 2.57. The van der Waals surface area contributed by atoms with Crippen molar-refractivity contribution in [2.75, 3.05) is 40.4 Å². The Hall–Kier alpha value is -0.780. The molecule has 1 heterocycles. The topological polar surface area (TPSA) is 33.7 Å². The number of nitrogens with one attached hydrogen (secondary N) is 1. The van der Waals surface area contributed by atoms with Gasteiger partial charge in [-0.1, -0.05) is 35.7 Å². The minimum Gasteiger partial charge on any atom is -0.493 e. The van der Waals surface area contributed by atoms with E-state index in [-0.39, 0.29) is 0 Å². The summed E-state index contributed by atoms with van der Waals surface area (Å²) in [5.74, 6) is 1.57. The number of benzene rings is 1. The van der Waals surface area contributed by atoms with E-state index in [1.54, 1.807) is 14.2 Å². The number of hydrogen-bond acceptors (Lipinski definition) is 4. The van der Waals surface area contributed by atoms with Gasteiger partial charge in [0.2, 0.25) is 0 Å². The van der Waals surface area contributed by atoms with Crippen LogP contribution in [0.25, 0.3) is 0 Å². The second kappa shape index (κ2) is 8.75. The van der Waals surface area contributed by atoms with Gasteiger partial charge in [0.05, 0.1) is 14.2 Å². The first-order valence-electron chi connectivity index (χ1n) is 8.07. The van der Waals surface area contributed by atoms with Gasteiger partial charge in [-0.25, -0.2) is 0 Å². The van der Waals surface area contributed by atoms with Crippen LogP contribution < -0.4 is 14.8 Å². The molecule has 0 bridgehead atoms. The second-order valence-electron chi connectivity index (χ2n) is 5.67. The molecule has 1 atom stereocenters.